The number of carbonyl (C=O) groups is 1. The number of nitrogens with two attached hydrogens (primary N) is 1. The van der Waals surface area contributed by atoms with Gasteiger partial charge in [-0.2, -0.15) is 0 Å². The van der Waals surface area contributed by atoms with Crippen molar-refractivity contribution in [2.24, 2.45) is 11.7 Å². The molecule has 3 N–H and O–H groups in total. The number of hydrogen-bond donors (Lipinski definition) is 2. The molecule has 3 nitrogen and oxygen atoms in total. The van der Waals surface area contributed by atoms with Crippen molar-refractivity contribution in [3.05, 3.63) is 0 Å². The van der Waals surface area contributed by atoms with Crippen molar-refractivity contribution in [1.29, 1.82) is 0 Å². The Morgan fingerprint density at radius 3 is 2.33 bits per heavy atom. The molecule has 0 fully saturated rings. The minimum absolute atomic E-state index is 0.889. The van der Waals surface area contributed by atoms with Crippen LogP contribution in [-0.4, -0.2) is 23.3 Å². The quantitative estimate of drug-likeness (QED) is 0.642. The van der Waals surface area contributed by atoms with Crippen molar-refractivity contribution >= 4 is 5.97 Å². The second kappa shape index (κ2) is 3.75. The van der Waals surface area contributed by atoms with Gasteiger partial charge < -0.3 is 5.11 Å². The summed E-state index contributed by atoms with van der Waals surface area (Å²) in [6, 6.07) is 0. The fourth-order valence-electron chi connectivity index (χ4n) is 0.645. The van der Waals surface area contributed by atoms with Gasteiger partial charge in [-0.1, -0.05) is 6.92 Å². The molecule has 0 aliphatic carbocycles. The van der Waals surface area contributed by atoms with E-state index < -0.39 is 30.5 Å². The molecule has 0 radical (unpaired) electrons. The van der Waals surface area contributed by atoms with Gasteiger partial charge in [0.2, 0.25) is 6.43 Å². The number of halogens is 3. The SMILES string of the molecule is CC(CC(N)(F)C(=O)O)C(F)F. The van der Waals surface area contributed by atoms with E-state index in [0.717, 1.165) is 6.92 Å². The van der Waals surface area contributed by atoms with Gasteiger partial charge in [0.05, 0.1) is 0 Å². The van der Waals surface area contributed by atoms with E-state index in [2.05, 4.69) is 5.73 Å². The zero-order valence-corrected chi connectivity index (χ0v) is 6.43. The maximum atomic E-state index is 12.7. The molecule has 0 spiro atoms. The maximum absolute atomic E-state index is 12.7. The summed E-state index contributed by atoms with van der Waals surface area (Å²) in [5.74, 6) is -6.35. The first-order valence-electron chi connectivity index (χ1n) is 3.26. The molecule has 0 aliphatic rings. The molecule has 12 heavy (non-hydrogen) atoms. The minimum Gasteiger partial charge on any atom is -0.478 e. The van der Waals surface area contributed by atoms with Gasteiger partial charge in [-0.25, -0.2) is 18.0 Å². The highest BCUT2D eigenvalue weighted by atomic mass is 19.3. The van der Waals surface area contributed by atoms with Crippen LogP contribution >= 0.6 is 0 Å². The Hall–Kier alpha value is -0.780. The molecule has 0 saturated heterocycles. The van der Waals surface area contributed by atoms with E-state index in [1.165, 1.54) is 0 Å². The summed E-state index contributed by atoms with van der Waals surface area (Å²) in [6.45, 7) is 1.04. The summed E-state index contributed by atoms with van der Waals surface area (Å²) < 4.78 is 36.3. The lowest BCUT2D eigenvalue weighted by atomic mass is 10.0. The first kappa shape index (κ1) is 11.2. The van der Waals surface area contributed by atoms with E-state index in [-0.39, 0.29) is 0 Å². The maximum Gasteiger partial charge on any atom is 0.356 e. The molecular weight excluding hydrogens is 175 g/mol. The number of rotatable bonds is 4. The van der Waals surface area contributed by atoms with Crippen LogP contribution in [0, 0.1) is 5.92 Å². The molecule has 0 saturated carbocycles. The Bertz CT molecular complexity index is 172. The Kier molecular flexibility index (Phi) is 3.51. The predicted molar refractivity (Wildman–Crippen MR) is 35.4 cm³/mol. The van der Waals surface area contributed by atoms with E-state index in [1.54, 1.807) is 0 Å². The Balaban J connectivity index is 4.15. The van der Waals surface area contributed by atoms with Crippen LogP contribution in [0.15, 0.2) is 0 Å². The van der Waals surface area contributed by atoms with Gasteiger partial charge in [0.15, 0.2) is 0 Å². The van der Waals surface area contributed by atoms with Crippen LogP contribution in [0.5, 0.6) is 0 Å². The van der Waals surface area contributed by atoms with E-state index in [0.29, 0.717) is 0 Å². The second-order valence-electron chi connectivity index (χ2n) is 2.68. The lowest BCUT2D eigenvalue weighted by Crippen LogP contribution is -2.45. The summed E-state index contributed by atoms with van der Waals surface area (Å²) >= 11 is 0. The van der Waals surface area contributed by atoms with Crippen LogP contribution in [0.2, 0.25) is 0 Å². The third-order valence-corrected chi connectivity index (χ3v) is 1.40. The third-order valence-electron chi connectivity index (χ3n) is 1.40. The third kappa shape index (κ3) is 3.08. The molecular formula is C6H10F3NO2. The second-order valence-corrected chi connectivity index (χ2v) is 2.68. The molecule has 0 rings (SSSR count). The first-order chi connectivity index (χ1) is 5.27. The highest BCUT2D eigenvalue weighted by Crippen LogP contribution is 2.21. The van der Waals surface area contributed by atoms with Crippen LogP contribution in [0.1, 0.15) is 13.3 Å². The highest BCUT2D eigenvalue weighted by Gasteiger charge is 2.37. The first-order valence-corrected chi connectivity index (χ1v) is 3.26. The number of hydrogen-bond acceptors (Lipinski definition) is 2. The zero-order valence-electron chi connectivity index (χ0n) is 6.43. The summed E-state index contributed by atoms with van der Waals surface area (Å²) in [5, 5.41) is 8.13. The highest BCUT2D eigenvalue weighted by molar-refractivity contribution is 5.76. The summed E-state index contributed by atoms with van der Waals surface area (Å²) in [7, 11) is 0. The molecule has 0 aromatic carbocycles. The molecule has 2 atom stereocenters. The molecule has 0 aromatic heterocycles. The minimum atomic E-state index is -3.06. The average molecular weight is 185 g/mol. The van der Waals surface area contributed by atoms with Gasteiger partial charge in [-0.15, -0.1) is 0 Å². The zero-order chi connectivity index (χ0) is 9.94. The Labute approximate surface area is 67.4 Å². The summed E-state index contributed by atoms with van der Waals surface area (Å²) in [6.07, 6.45) is -3.65. The Morgan fingerprint density at radius 1 is 1.67 bits per heavy atom. The molecule has 0 bridgehead atoms. The van der Waals surface area contributed by atoms with Crippen LogP contribution in [0.4, 0.5) is 13.2 Å². The molecule has 2 unspecified atom stereocenters. The molecule has 6 heteroatoms. The van der Waals surface area contributed by atoms with Crippen molar-refractivity contribution < 1.29 is 23.1 Å². The lowest BCUT2D eigenvalue weighted by Gasteiger charge is -2.18. The number of alkyl halides is 3. The molecule has 0 heterocycles. The normalized spacial score (nSPS) is 18.8. The number of carboxylic acids is 1. The lowest BCUT2D eigenvalue weighted by molar-refractivity contribution is -0.152. The van der Waals surface area contributed by atoms with E-state index in [9.17, 15) is 18.0 Å². The summed E-state index contributed by atoms with van der Waals surface area (Å²) in [5.41, 5.74) is 4.60. The van der Waals surface area contributed by atoms with E-state index in [1.807, 2.05) is 0 Å². The van der Waals surface area contributed by atoms with E-state index >= 15 is 0 Å². The molecule has 72 valence electrons. The fraction of sp³-hybridized carbons (Fsp3) is 0.833. The topological polar surface area (TPSA) is 63.3 Å². The standard InChI is InChI=1S/C6H10F3NO2/c1-3(4(7)8)2-6(9,10)5(11)12/h3-4H,2,10H2,1H3,(H,11,12). The molecule has 0 aromatic rings. The number of aliphatic carboxylic acids is 1. The number of carboxylic acid groups (broad SMARTS) is 1. The summed E-state index contributed by atoms with van der Waals surface area (Å²) in [4.78, 5) is 10.0. The van der Waals surface area contributed by atoms with Gasteiger partial charge in [0.25, 0.3) is 5.79 Å². The Morgan fingerprint density at radius 2 is 2.08 bits per heavy atom. The van der Waals surface area contributed by atoms with Crippen molar-refractivity contribution in [3.8, 4) is 0 Å². The van der Waals surface area contributed by atoms with Crippen LogP contribution in [0.25, 0.3) is 0 Å². The van der Waals surface area contributed by atoms with Crippen molar-refractivity contribution in [2.75, 3.05) is 0 Å². The van der Waals surface area contributed by atoms with E-state index in [4.69, 9.17) is 5.11 Å². The van der Waals surface area contributed by atoms with Crippen LogP contribution < -0.4 is 5.73 Å². The van der Waals surface area contributed by atoms with Crippen molar-refractivity contribution in [1.82, 2.24) is 0 Å². The van der Waals surface area contributed by atoms with Gasteiger partial charge in [0.1, 0.15) is 0 Å². The average Bonchev–Trinajstić information content (AvgIpc) is 1.85. The van der Waals surface area contributed by atoms with Gasteiger partial charge in [0, 0.05) is 12.3 Å². The molecule has 0 aliphatic heterocycles. The van der Waals surface area contributed by atoms with Crippen molar-refractivity contribution in [2.45, 2.75) is 25.6 Å². The van der Waals surface area contributed by atoms with Crippen molar-refractivity contribution in [3.63, 3.8) is 0 Å². The van der Waals surface area contributed by atoms with Gasteiger partial charge in [-0.3, -0.25) is 5.73 Å². The fourth-order valence-corrected chi connectivity index (χ4v) is 0.645. The van der Waals surface area contributed by atoms with Gasteiger partial charge in [-0.05, 0) is 0 Å². The monoisotopic (exact) mass is 185 g/mol. The molecule has 0 amide bonds. The van der Waals surface area contributed by atoms with Gasteiger partial charge >= 0.3 is 5.97 Å². The largest absolute Gasteiger partial charge is 0.478 e. The predicted octanol–water partition coefficient (Wildman–Crippen LogP) is 0.987. The van der Waals surface area contributed by atoms with Crippen LogP contribution in [0.3, 0.4) is 0 Å². The smallest absolute Gasteiger partial charge is 0.356 e. The van der Waals surface area contributed by atoms with Crippen LogP contribution in [-0.2, 0) is 4.79 Å².